The average Bonchev–Trinajstić information content (AvgIpc) is 2.95. The van der Waals surface area contributed by atoms with Crippen molar-refractivity contribution in [2.75, 3.05) is 18.0 Å². The van der Waals surface area contributed by atoms with Crippen molar-refractivity contribution in [3.63, 3.8) is 0 Å². The summed E-state index contributed by atoms with van der Waals surface area (Å²) in [4.78, 5) is 12.9. The summed E-state index contributed by atoms with van der Waals surface area (Å²) in [5, 5.41) is 5.02. The van der Waals surface area contributed by atoms with Crippen molar-refractivity contribution in [2.45, 2.75) is 18.4 Å². The molecule has 0 aliphatic rings. The second-order valence-corrected chi connectivity index (χ2v) is 13.2. The van der Waals surface area contributed by atoms with Crippen LogP contribution in [-0.4, -0.2) is 34.2 Å². The van der Waals surface area contributed by atoms with Crippen LogP contribution in [0.2, 0.25) is 15.1 Å². The van der Waals surface area contributed by atoms with Crippen molar-refractivity contribution < 1.29 is 22.7 Å². The Kier molecular flexibility index (Phi) is 11.0. The molecule has 0 unspecified atom stereocenters. The number of nitrogens with zero attached hydrogens (tertiary/aromatic N) is 2. The molecule has 224 valence electrons. The van der Waals surface area contributed by atoms with E-state index in [1.165, 1.54) is 43.7 Å². The van der Waals surface area contributed by atoms with Crippen LogP contribution >= 0.6 is 50.7 Å². The van der Waals surface area contributed by atoms with Crippen LogP contribution in [0, 0.1) is 6.92 Å². The number of halogens is 4. The van der Waals surface area contributed by atoms with Gasteiger partial charge in [0.1, 0.15) is 13.2 Å². The molecule has 1 amide bonds. The van der Waals surface area contributed by atoms with Crippen LogP contribution in [0.4, 0.5) is 5.69 Å². The summed E-state index contributed by atoms with van der Waals surface area (Å²) in [7, 11) is -2.67. The number of amides is 1. The monoisotopic (exact) mass is 723 g/mol. The average molecular weight is 726 g/mol. The van der Waals surface area contributed by atoms with E-state index in [2.05, 4.69) is 26.5 Å². The van der Waals surface area contributed by atoms with Crippen LogP contribution in [0.5, 0.6) is 11.5 Å². The maximum Gasteiger partial charge on any atom is 0.264 e. The van der Waals surface area contributed by atoms with Crippen molar-refractivity contribution in [3.8, 4) is 11.5 Å². The summed E-state index contributed by atoms with van der Waals surface area (Å²) in [6.45, 7) is 1.47. The number of ether oxygens (including phenoxy) is 2. The molecule has 4 rings (SSSR count). The van der Waals surface area contributed by atoms with Gasteiger partial charge in [-0.05, 0) is 76.9 Å². The molecule has 43 heavy (non-hydrogen) atoms. The predicted molar refractivity (Wildman–Crippen MR) is 174 cm³/mol. The van der Waals surface area contributed by atoms with E-state index in [4.69, 9.17) is 44.3 Å². The number of hydrogen-bond acceptors (Lipinski definition) is 6. The molecule has 0 atom stereocenters. The Labute approximate surface area is 273 Å². The SMILES string of the molecule is COc1cc(/C=N\NC(=O)CN(c2cc(Cl)cc(Cl)c2)S(=O)(=O)c2ccc(C)cc2)cc(Br)c1OCc1ccccc1Cl. The van der Waals surface area contributed by atoms with Gasteiger partial charge < -0.3 is 9.47 Å². The van der Waals surface area contributed by atoms with Crippen molar-refractivity contribution in [1.82, 2.24) is 5.43 Å². The standard InChI is InChI=1S/C30H25BrCl3N3O5S/c1-19-7-9-25(10-8-19)43(39,40)37(24-14-22(32)13-23(33)15-24)17-29(38)36-35-16-20-11-26(31)30(28(12-20)41-2)42-18-21-5-3-4-6-27(21)34/h3-16H,17-18H2,1-2H3,(H,36,38)/b35-16-. The molecule has 0 heterocycles. The van der Waals surface area contributed by atoms with Crippen LogP contribution in [-0.2, 0) is 21.4 Å². The van der Waals surface area contributed by atoms with Crippen LogP contribution in [0.15, 0.2) is 93.3 Å². The molecule has 4 aromatic carbocycles. The first-order valence-corrected chi connectivity index (χ1v) is 16.0. The van der Waals surface area contributed by atoms with E-state index in [0.717, 1.165) is 15.4 Å². The molecule has 0 aromatic heterocycles. The van der Waals surface area contributed by atoms with E-state index in [9.17, 15) is 13.2 Å². The lowest BCUT2D eigenvalue weighted by atomic mass is 10.2. The molecule has 0 bridgehead atoms. The Morgan fingerprint density at radius 3 is 2.33 bits per heavy atom. The normalized spacial score (nSPS) is 11.4. The number of hydrogen-bond donors (Lipinski definition) is 1. The van der Waals surface area contributed by atoms with E-state index >= 15 is 0 Å². The van der Waals surface area contributed by atoms with Crippen molar-refractivity contribution >= 4 is 78.6 Å². The minimum atomic E-state index is -4.17. The number of benzene rings is 4. The summed E-state index contributed by atoms with van der Waals surface area (Å²) in [6.07, 6.45) is 1.39. The van der Waals surface area contributed by atoms with Gasteiger partial charge in [0, 0.05) is 20.6 Å². The molecule has 13 heteroatoms. The summed E-state index contributed by atoms with van der Waals surface area (Å²) < 4.78 is 40.1. The number of methoxy groups -OCH3 is 1. The number of nitrogens with one attached hydrogen (secondary N) is 1. The Morgan fingerprint density at radius 2 is 1.67 bits per heavy atom. The highest BCUT2D eigenvalue weighted by Gasteiger charge is 2.28. The fourth-order valence-corrected chi connectivity index (χ4v) is 6.58. The Hall–Kier alpha value is -3.28. The largest absolute Gasteiger partial charge is 0.493 e. The first kappa shape index (κ1) is 32.6. The highest BCUT2D eigenvalue weighted by Crippen LogP contribution is 2.37. The number of carbonyl (C=O) groups is 1. The second kappa shape index (κ2) is 14.5. The third-order valence-electron chi connectivity index (χ3n) is 6.02. The predicted octanol–water partition coefficient (Wildman–Crippen LogP) is 7.65. The number of sulfonamides is 1. The molecule has 0 fully saturated rings. The molecule has 0 spiro atoms. The highest BCUT2D eigenvalue weighted by atomic mass is 79.9. The van der Waals surface area contributed by atoms with Gasteiger partial charge in [-0.25, -0.2) is 13.8 Å². The van der Waals surface area contributed by atoms with Gasteiger partial charge in [0.15, 0.2) is 11.5 Å². The van der Waals surface area contributed by atoms with Crippen LogP contribution in [0.1, 0.15) is 16.7 Å². The third-order valence-corrected chi connectivity index (χ3v) is 9.20. The first-order chi connectivity index (χ1) is 20.5. The highest BCUT2D eigenvalue weighted by molar-refractivity contribution is 9.10. The zero-order chi connectivity index (χ0) is 31.1. The lowest BCUT2D eigenvalue weighted by Gasteiger charge is -2.24. The van der Waals surface area contributed by atoms with E-state index in [0.29, 0.717) is 26.6 Å². The third kappa shape index (κ3) is 8.43. The van der Waals surface area contributed by atoms with E-state index in [-0.39, 0.29) is 27.2 Å². The molecule has 0 radical (unpaired) electrons. The minimum Gasteiger partial charge on any atom is -0.493 e. The molecule has 0 aliphatic carbocycles. The van der Waals surface area contributed by atoms with Crippen molar-refractivity contribution in [2.24, 2.45) is 5.10 Å². The van der Waals surface area contributed by atoms with E-state index in [1.54, 1.807) is 30.3 Å². The van der Waals surface area contributed by atoms with Gasteiger partial charge in [-0.15, -0.1) is 0 Å². The number of rotatable bonds is 11. The van der Waals surface area contributed by atoms with Gasteiger partial charge in [0.2, 0.25) is 0 Å². The number of hydrazone groups is 1. The van der Waals surface area contributed by atoms with Crippen molar-refractivity contribution in [1.29, 1.82) is 0 Å². The molecule has 8 nitrogen and oxygen atoms in total. The lowest BCUT2D eigenvalue weighted by molar-refractivity contribution is -0.119. The number of aryl methyl sites for hydroxylation is 1. The van der Waals surface area contributed by atoms with Crippen LogP contribution in [0.3, 0.4) is 0 Å². The summed E-state index contributed by atoms with van der Waals surface area (Å²) in [6, 6.07) is 21.3. The number of carbonyl (C=O) groups excluding carboxylic acids is 1. The second-order valence-electron chi connectivity index (χ2n) is 9.16. The van der Waals surface area contributed by atoms with Crippen LogP contribution in [0.25, 0.3) is 0 Å². The quantitative estimate of drug-likeness (QED) is 0.127. The summed E-state index contributed by atoms with van der Waals surface area (Å²) >= 11 is 22.0. The van der Waals surface area contributed by atoms with Gasteiger partial charge in [0.05, 0.1) is 28.4 Å². The fraction of sp³-hybridized carbons (Fsp3) is 0.133. The topological polar surface area (TPSA) is 97.3 Å². The summed E-state index contributed by atoms with van der Waals surface area (Å²) in [5.41, 5.74) is 4.76. The molecule has 0 saturated carbocycles. The lowest BCUT2D eigenvalue weighted by Crippen LogP contribution is -2.39. The minimum absolute atomic E-state index is 0.000659. The molecule has 1 N–H and O–H groups in total. The molecule has 0 aliphatic heterocycles. The maximum atomic E-state index is 13.6. The van der Waals surface area contributed by atoms with Gasteiger partial charge in [-0.2, -0.15) is 5.10 Å². The van der Waals surface area contributed by atoms with Gasteiger partial charge in [-0.1, -0.05) is 70.7 Å². The van der Waals surface area contributed by atoms with Gasteiger partial charge in [-0.3, -0.25) is 9.10 Å². The molecular weight excluding hydrogens is 701 g/mol. The van der Waals surface area contributed by atoms with E-state index in [1.807, 2.05) is 25.1 Å². The maximum absolute atomic E-state index is 13.6. The van der Waals surface area contributed by atoms with Crippen LogP contribution < -0.4 is 19.2 Å². The number of anilines is 1. The van der Waals surface area contributed by atoms with Crippen molar-refractivity contribution in [3.05, 3.63) is 115 Å². The Morgan fingerprint density at radius 1 is 1.00 bits per heavy atom. The Balaban J connectivity index is 1.51. The fourth-order valence-electron chi connectivity index (χ4n) is 3.90. The smallest absolute Gasteiger partial charge is 0.264 e. The molecular formula is C30H25BrCl3N3O5S. The first-order valence-electron chi connectivity index (χ1n) is 12.6. The Bertz CT molecular complexity index is 1750. The zero-order valence-electron chi connectivity index (χ0n) is 22.9. The van der Waals surface area contributed by atoms with Gasteiger partial charge in [0.25, 0.3) is 15.9 Å². The molecule has 4 aromatic rings. The van der Waals surface area contributed by atoms with Gasteiger partial charge >= 0.3 is 0 Å². The zero-order valence-corrected chi connectivity index (χ0v) is 27.5. The van der Waals surface area contributed by atoms with E-state index < -0.39 is 22.5 Å². The summed E-state index contributed by atoms with van der Waals surface area (Å²) in [5.74, 6) is 0.178. The molecule has 0 saturated heterocycles.